The van der Waals surface area contributed by atoms with E-state index in [1.54, 1.807) is 12.1 Å². The van der Waals surface area contributed by atoms with Crippen LogP contribution >= 0.6 is 0 Å². The largest absolute Gasteiger partial charge is 0.477 e. The lowest BCUT2D eigenvalue weighted by atomic mass is 10.0. The Labute approximate surface area is 138 Å². The van der Waals surface area contributed by atoms with Gasteiger partial charge in [0, 0.05) is 11.8 Å². The molecule has 0 saturated carbocycles. The van der Waals surface area contributed by atoms with Gasteiger partial charge in [-0.25, -0.2) is 14.6 Å². The highest BCUT2D eigenvalue weighted by molar-refractivity contribution is 6.08. The molecule has 0 bridgehead atoms. The van der Waals surface area contributed by atoms with Crippen LogP contribution in [0, 0.1) is 13.8 Å². The van der Waals surface area contributed by atoms with E-state index in [9.17, 15) is 14.4 Å². The standard InChI is InChI=1S/C17H16N2O5/c1-9-6-12(17(23)24-3)13(7-10(9)2)19-15(20)11-4-5-18-14(8-11)16(21)22/h4-8H,1-3H3,(H,19,20)(H,21,22). The van der Waals surface area contributed by atoms with Gasteiger partial charge in [0.25, 0.3) is 5.91 Å². The maximum atomic E-state index is 12.4. The number of nitrogens with one attached hydrogen (secondary N) is 1. The second kappa shape index (κ2) is 6.91. The Balaban J connectivity index is 2.38. The minimum absolute atomic E-state index is 0.122. The van der Waals surface area contributed by atoms with Gasteiger partial charge >= 0.3 is 11.9 Å². The number of amides is 1. The van der Waals surface area contributed by atoms with Crippen molar-refractivity contribution in [3.05, 3.63) is 58.4 Å². The maximum Gasteiger partial charge on any atom is 0.354 e. The van der Waals surface area contributed by atoms with Crippen molar-refractivity contribution >= 4 is 23.5 Å². The molecule has 24 heavy (non-hydrogen) atoms. The van der Waals surface area contributed by atoms with Crippen molar-refractivity contribution in [3.8, 4) is 0 Å². The smallest absolute Gasteiger partial charge is 0.354 e. The first-order chi connectivity index (χ1) is 11.3. The predicted molar refractivity (Wildman–Crippen MR) is 86.4 cm³/mol. The number of carboxylic acid groups (broad SMARTS) is 1. The maximum absolute atomic E-state index is 12.4. The average molecular weight is 328 g/mol. The highest BCUT2D eigenvalue weighted by atomic mass is 16.5. The van der Waals surface area contributed by atoms with Crippen molar-refractivity contribution in [2.45, 2.75) is 13.8 Å². The number of aromatic carboxylic acids is 1. The normalized spacial score (nSPS) is 10.1. The van der Waals surface area contributed by atoms with Crippen LogP contribution in [0.5, 0.6) is 0 Å². The zero-order valence-corrected chi connectivity index (χ0v) is 13.4. The Morgan fingerprint density at radius 1 is 1.12 bits per heavy atom. The van der Waals surface area contributed by atoms with E-state index >= 15 is 0 Å². The zero-order valence-electron chi connectivity index (χ0n) is 13.4. The molecule has 7 nitrogen and oxygen atoms in total. The van der Waals surface area contributed by atoms with E-state index < -0.39 is 17.8 Å². The summed E-state index contributed by atoms with van der Waals surface area (Å²) in [5.74, 6) is -2.35. The number of hydrogen-bond acceptors (Lipinski definition) is 5. The SMILES string of the molecule is COC(=O)c1cc(C)c(C)cc1NC(=O)c1ccnc(C(=O)O)c1. The Bertz CT molecular complexity index is 830. The number of nitrogens with zero attached hydrogens (tertiary/aromatic N) is 1. The van der Waals surface area contributed by atoms with Crippen molar-refractivity contribution in [1.82, 2.24) is 4.98 Å². The Morgan fingerprint density at radius 2 is 1.79 bits per heavy atom. The fourth-order valence-corrected chi connectivity index (χ4v) is 2.08. The number of rotatable bonds is 4. The molecular weight excluding hydrogens is 312 g/mol. The van der Waals surface area contributed by atoms with Crippen molar-refractivity contribution in [2.75, 3.05) is 12.4 Å². The molecule has 0 spiro atoms. The minimum atomic E-state index is -1.23. The second-order valence-corrected chi connectivity index (χ2v) is 5.16. The van der Waals surface area contributed by atoms with Crippen LogP contribution in [0.4, 0.5) is 5.69 Å². The molecule has 0 aliphatic rings. The van der Waals surface area contributed by atoms with E-state index in [-0.39, 0.29) is 16.8 Å². The number of anilines is 1. The first kappa shape index (κ1) is 17.1. The topological polar surface area (TPSA) is 106 Å². The van der Waals surface area contributed by atoms with Gasteiger partial charge in [-0.15, -0.1) is 0 Å². The number of aryl methyl sites for hydroxylation is 2. The van der Waals surface area contributed by atoms with Crippen molar-refractivity contribution < 1.29 is 24.2 Å². The zero-order chi connectivity index (χ0) is 17.9. The van der Waals surface area contributed by atoms with Gasteiger partial charge < -0.3 is 15.2 Å². The summed E-state index contributed by atoms with van der Waals surface area (Å²) in [6, 6.07) is 5.85. The average Bonchev–Trinajstić information content (AvgIpc) is 2.57. The summed E-state index contributed by atoms with van der Waals surface area (Å²) in [5.41, 5.74) is 2.17. The lowest BCUT2D eigenvalue weighted by Gasteiger charge is -2.13. The number of carboxylic acids is 1. The number of esters is 1. The summed E-state index contributed by atoms with van der Waals surface area (Å²) in [4.78, 5) is 38.9. The molecule has 0 radical (unpaired) electrons. The quantitative estimate of drug-likeness (QED) is 0.835. The molecule has 0 fully saturated rings. The van der Waals surface area contributed by atoms with Gasteiger partial charge in [-0.05, 0) is 49.2 Å². The molecule has 0 saturated heterocycles. The lowest BCUT2D eigenvalue weighted by Crippen LogP contribution is -2.17. The summed E-state index contributed by atoms with van der Waals surface area (Å²) < 4.78 is 4.73. The summed E-state index contributed by atoms with van der Waals surface area (Å²) >= 11 is 0. The molecule has 2 N–H and O–H groups in total. The molecule has 7 heteroatoms. The van der Waals surface area contributed by atoms with Gasteiger partial charge in [-0.3, -0.25) is 4.79 Å². The summed E-state index contributed by atoms with van der Waals surface area (Å²) in [7, 11) is 1.26. The van der Waals surface area contributed by atoms with Crippen LogP contribution in [0.25, 0.3) is 0 Å². The molecule has 1 aromatic carbocycles. The van der Waals surface area contributed by atoms with Gasteiger partial charge in [0.2, 0.25) is 0 Å². The molecule has 1 aromatic heterocycles. The van der Waals surface area contributed by atoms with Gasteiger partial charge in [0.1, 0.15) is 5.69 Å². The number of ether oxygens (including phenoxy) is 1. The number of carbonyl (C=O) groups excluding carboxylic acids is 2. The van der Waals surface area contributed by atoms with E-state index in [1.165, 1.54) is 19.4 Å². The minimum Gasteiger partial charge on any atom is -0.477 e. The monoisotopic (exact) mass is 328 g/mol. The lowest BCUT2D eigenvalue weighted by molar-refractivity contribution is 0.0601. The number of benzene rings is 1. The summed E-state index contributed by atoms with van der Waals surface area (Å²) in [6.45, 7) is 3.69. The Kier molecular flexibility index (Phi) is 4.93. The van der Waals surface area contributed by atoms with E-state index in [4.69, 9.17) is 9.84 Å². The van der Waals surface area contributed by atoms with Gasteiger partial charge in [0.15, 0.2) is 0 Å². The van der Waals surface area contributed by atoms with Crippen LogP contribution in [-0.4, -0.2) is 35.0 Å². The molecular formula is C17H16N2O5. The first-order valence-corrected chi connectivity index (χ1v) is 7.03. The van der Waals surface area contributed by atoms with E-state index in [2.05, 4.69) is 10.3 Å². The van der Waals surface area contributed by atoms with E-state index in [0.29, 0.717) is 5.69 Å². The number of aromatic nitrogens is 1. The molecule has 2 aromatic rings. The van der Waals surface area contributed by atoms with Crippen molar-refractivity contribution in [1.29, 1.82) is 0 Å². The molecule has 1 amide bonds. The van der Waals surface area contributed by atoms with Crippen LogP contribution in [-0.2, 0) is 4.74 Å². The number of methoxy groups -OCH3 is 1. The Hall–Kier alpha value is -3.22. The molecule has 0 aliphatic heterocycles. The molecule has 124 valence electrons. The van der Waals surface area contributed by atoms with Crippen molar-refractivity contribution in [3.63, 3.8) is 0 Å². The predicted octanol–water partition coefficient (Wildman–Crippen LogP) is 2.44. The second-order valence-electron chi connectivity index (χ2n) is 5.16. The van der Waals surface area contributed by atoms with E-state index in [1.807, 2.05) is 13.8 Å². The first-order valence-electron chi connectivity index (χ1n) is 7.03. The third kappa shape index (κ3) is 3.57. The van der Waals surface area contributed by atoms with Gasteiger partial charge in [-0.1, -0.05) is 0 Å². The molecule has 1 heterocycles. The van der Waals surface area contributed by atoms with E-state index in [0.717, 1.165) is 17.2 Å². The van der Waals surface area contributed by atoms with Crippen LogP contribution in [0.15, 0.2) is 30.5 Å². The summed E-state index contributed by atoms with van der Waals surface area (Å²) in [6.07, 6.45) is 1.24. The molecule has 2 rings (SSSR count). The molecule has 0 unspecified atom stereocenters. The third-order valence-electron chi connectivity index (χ3n) is 3.53. The van der Waals surface area contributed by atoms with Gasteiger partial charge in [-0.2, -0.15) is 0 Å². The molecule has 0 aliphatic carbocycles. The van der Waals surface area contributed by atoms with Crippen molar-refractivity contribution in [2.24, 2.45) is 0 Å². The highest BCUT2D eigenvalue weighted by Crippen LogP contribution is 2.22. The van der Waals surface area contributed by atoms with Crippen LogP contribution in [0.2, 0.25) is 0 Å². The number of carbonyl (C=O) groups is 3. The molecule has 0 atom stereocenters. The van der Waals surface area contributed by atoms with Crippen LogP contribution in [0.3, 0.4) is 0 Å². The number of hydrogen-bond donors (Lipinski definition) is 2. The fraction of sp³-hybridized carbons (Fsp3) is 0.176. The van der Waals surface area contributed by atoms with Gasteiger partial charge in [0.05, 0.1) is 18.4 Å². The van der Waals surface area contributed by atoms with Crippen LogP contribution < -0.4 is 5.32 Å². The Morgan fingerprint density at radius 3 is 2.42 bits per heavy atom. The third-order valence-corrected chi connectivity index (χ3v) is 3.53. The van der Waals surface area contributed by atoms with Crippen LogP contribution in [0.1, 0.15) is 42.3 Å². The summed E-state index contributed by atoms with van der Waals surface area (Å²) in [5, 5.41) is 11.6. The fourth-order valence-electron chi connectivity index (χ4n) is 2.08. The number of pyridine rings is 1. The highest BCUT2D eigenvalue weighted by Gasteiger charge is 2.17.